The minimum Gasteiger partial charge on any atom is -0.396 e. The number of hydrogen-bond donors (Lipinski definition) is 3. The van der Waals surface area contributed by atoms with Gasteiger partial charge in [-0.2, -0.15) is 0 Å². The molecule has 5 nitrogen and oxygen atoms in total. The van der Waals surface area contributed by atoms with Crippen LogP contribution in [0, 0.1) is 12.3 Å². The first-order valence-electron chi connectivity index (χ1n) is 9.72. The second kappa shape index (κ2) is 10.4. The smallest absolute Gasteiger partial charge is 0.191 e. The Labute approximate surface area is 152 Å². The maximum atomic E-state index is 9.46. The quantitative estimate of drug-likeness (QED) is 0.500. The highest BCUT2D eigenvalue weighted by Crippen LogP contribution is 2.39. The van der Waals surface area contributed by atoms with E-state index in [1.807, 2.05) is 12.4 Å². The molecule has 140 valence electrons. The SMILES string of the molecule is CCNC(=NCC1(CCO)CCCCC1)NCCc1ccncc1C. The highest BCUT2D eigenvalue weighted by Gasteiger charge is 2.31. The Morgan fingerprint density at radius 1 is 1.28 bits per heavy atom. The third-order valence-electron chi connectivity index (χ3n) is 5.30. The van der Waals surface area contributed by atoms with Gasteiger partial charge in [0.25, 0.3) is 0 Å². The van der Waals surface area contributed by atoms with Crippen molar-refractivity contribution >= 4 is 5.96 Å². The number of aliphatic imine (C=N–C) groups is 1. The molecule has 0 aliphatic heterocycles. The number of hydrogen-bond acceptors (Lipinski definition) is 3. The fourth-order valence-corrected chi connectivity index (χ4v) is 3.71. The largest absolute Gasteiger partial charge is 0.396 e. The molecule has 0 atom stereocenters. The molecule has 0 amide bonds. The monoisotopic (exact) mass is 346 g/mol. The standard InChI is InChI=1S/C20H34N4O/c1-3-22-19(23-13-8-18-7-12-21-15-17(18)2)24-16-20(11-14-25)9-5-4-6-10-20/h7,12,15,25H,3-6,8-11,13-14,16H2,1-2H3,(H2,22,23,24). The number of rotatable bonds is 8. The Morgan fingerprint density at radius 3 is 2.76 bits per heavy atom. The van der Waals surface area contributed by atoms with Crippen LogP contribution in [0.15, 0.2) is 23.5 Å². The molecule has 0 aromatic carbocycles. The van der Waals surface area contributed by atoms with Gasteiger partial charge in [0.2, 0.25) is 0 Å². The molecule has 1 heterocycles. The molecule has 25 heavy (non-hydrogen) atoms. The van der Waals surface area contributed by atoms with E-state index in [0.717, 1.165) is 38.4 Å². The second-order valence-corrected chi connectivity index (χ2v) is 7.21. The lowest BCUT2D eigenvalue weighted by molar-refractivity contribution is 0.137. The van der Waals surface area contributed by atoms with Gasteiger partial charge in [-0.1, -0.05) is 19.3 Å². The van der Waals surface area contributed by atoms with Crippen LogP contribution >= 0.6 is 0 Å². The molecule has 1 aliphatic rings. The summed E-state index contributed by atoms with van der Waals surface area (Å²) in [7, 11) is 0. The van der Waals surface area contributed by atoms with Crippen LogP contribution in [-0.4, -0.2) is 42.3 Å². The summed E-state index contributed by atoms with van der Waals surface area (Å²) in [6.45, 7) is 6.96. The van der Waals surface area contributed by atoms with Crippen LogP contribution in [0.4, 0.5) is 0 Å². The van der Waals surface area contributed by atoms with Crippen molar-refractivity contribution in [3.05, 3.63) is 29.6 Å². The number of nitrogens with one attached hydrogen (secondary N) is 2. The fourth-order valence-electron chi connectivity index (χ4n) is 3.71. The molecular weight excluding hydrogens is 312 g/mol. The number of nitrogens with zero attached hydrogens (tertiary/aromatic N) is 2. The van der Waals surface area contributed by atoms with Gasteiger partial charge in [0.05, 0.1) is 0 Å². The first kappa shape index (κ1) is 19.7. The van der Waals surface area contributed by atoms with E-state index in [1.54, 1.807) is 0 Å². The Hall–Kier alpha value is -1.62. The van der Waals surface area contributed by atoms with Crippen LogP contribution in [-0.2, 0) is 6.42 Å². The first-order valence-corrected chi connectivity index (χ1v) is 9.72. The Kier molecular flexibility index (Phi) is 8.19. The van der Waals surface area contributed by atoms with Crippen molar-refractivity contribution in [1.29, 1.82) is 0 Å². The lowest BCUT2D eigenvalue weighted by Gasteiger charge is -2.35. The summed E-state index contributed by atoms with van der Waals surface area (Å²) < 4.78 is 0. The van der Waals surface area contributed by atoms with Gasteiger partial charge in [-0.15, -0.1) is 0 Å². The highest BCUT2D eigenvalue weighted by molar-refractivity contribution is 5.79. The van der Waals surface area contributed by atoms with Crippen molar-refractivity contribution in [2.45, 2.75) is 58.8 Å². The Bertz CT molecular complexity index is 533. The summed E-state index contributed by atoms with van der Waals surface area (Å²) in [5.41, 5.74) is 2.74. The van der Waals surface area contributed by atoms with Gasteiger partial charge in [-0.3, -0.25) is 9.98 Å². The van der Waals surface area contributed by atoms with E-state index in [1.165, 1.54) is 43.2 Å². The van der Waals surface area contributed by atoms with Crippen LogP contribution in [0.5, 0.6) is 0 Å². The van der Waals surface area contributed by atoms with Gasteiger partial charge >= 0.3 is 0 Å². The summed E-state index contributed by atoms with van der Waals surface area (Å²) in [6.07, 6.45) is 11.8. The average Bonchev–Trinajstić information content (AvgIpc) is 2.62. The maximum absolute atomic E-state index is 9.46. The van der Waals surface area contributed by atoms with Crippen LogP contribution in [0.3, 0.4) is 0 Å². The van der Waals surface area contributed by atoms with Crippen LogP contribution in [0.2, 0.25) is 0 Å². The van der Waals surface area contributed by atoms with E-state index < -0.39 is 0 Å². The predicted molar refractivity (Wildman–Crippen MR) is 104 cm³/mol. The normalized spacial score (nSPS) is 17.3. The van der Waals surface area contributed by atoms with Crippen LogP contribution in [0.1, 0.15) is 56.6 Å². The van der Waals surface area contributed by atoms with E-state index in [9.17, 15) is 5.11 Å². The van der Waals surface area contributed by atoms with Gasteiger partial charge in [0, 0.05) is 38.6 Å². The minimum atomic E-state index is 0.192. The predicted octanol–water partition coefficient (Wildman–Crippen LogP) is 2.82. The second-order valence-electron chi connectivity index (χ2n) is 7.21. The molecule has 0 unspecified atom stereocenters. The summed E-state index contributed by atoms with van der Waals surface area (Å²) in [4.78, 5) is 9.00. The minimum absolute atomic E-state index is 0.192. The number of aliphatic hydroxyl groups is 1. The molecule has 0 bridgehead atoms. The van der Waals surface area contributed by atoms with Gasteiger partial charge < -0.3 is 15.7 Å². The molecule has 0 saturated heterocycles. The van der Waals surface area contributed by atoms with Crippen LogP contribution < -0.4 is 10.6 Å². The lowest BCUT2D eigenvalue weighted by Crippen LogP contribution is -2.40. The number of guanidine groups is 1. The zero-order chi connectivity index (χ0) is 18.0. The first-order chi connectivity index (χ1) is 12.2. The van der Waals surface area contributed by atoms with Crippen molar-refractivity contribution in [3.63, 3.8) is 0 Å². The van der Waals surface area contributed by atoms with Crippen molar-refractivity contribution in [1.82, 2.24) is 15.6 Å². The van der Waals surface area contributed by atoms with Gasteiger partial charge in [-0.25, -0.2) is 0 Å². The number of aromatic nitrogens is 1. The van der Waals surface area contributed by atoms with E-state index in [2.05, 4.69) is 35.5 Å². The summed E-state index contributed by atoms with van der Waals surface area (Å²) in [5, 5.41) is 16.3. The fraction of sp³-hybridized carbons (Fsp3) is 0.700. The zero-order valence-corrected chi connectivity index (χ0v) is 15.9. The average molecular weight is 347 g/mol. The number of aliphatic hydroxyl groups excluding tert-OH is 1. The van der Waals surface area contributed by atoms with Crippen molar-refractivity contribution < 1.29 is 5.11 Å². The third-order valence-corrected chi connectivity index (χ3v) is 5.30. The molecule has 0 radical (unpaired) electrons. The van der Waals surface area contributed by atoms with Gasteiger partial charge in [0.1, 0.15) is 0 Å². The zero-order valence-electron chi connectivity index (χ0n) is 15.9. The van der Waals surface area contributed by atoms with Crippen molar-refractivity contribution in [2.75, 3.05) is 26.2 Å². The van der Waals surface area contributed by atoms with E-state index >= 15 is 0 Å². The summed E-state index contributed by atoms with van der Waals surface area (Å²) >= 11 is 0. The Morgan fingerprint density at radius 2 is 2.08 bits per heavy atom. The summed E-state index contributed by atoms with van der Waals surface area (Å²) in [6, 6.07) is 2.08. The molecule has 1 aromatic rings. The maximum Gasteiger partial charge on any atom is 0.191 e. The molecule has 0 spiro atoms. The van der Waals surface area contributed by atoms with Gasteiger partial charge in [0.15, 0.2) is 5.96 Å². The van der Waals surface area contributed by atoms with Crippen LogP contribution in [0.25, 0.3) is 0 Å². The molecule has 2 rings (SSSR count). The van der Waals surface area contributed by atoms with Crippen molar-refractivity contribution in [2.24, 2.45) is 10.4 Å². The molecule has 1 aromatic heterocycles. The third kappa shape index (κ3) is 6.31. The Balaban J connectivity index is 1.91. The topological polar surface area (TPSA) is 69.5 Å². The van der Waals surface area contributed by atoms with E-state index in [4.69, 9.17) is 4.99 Å². The molecule has 3 N–H and O–H groups in total. The number of aryl methyl sites for hydroxylation is 1. The van der Waals surface area contributed by atoms with Crippen molar-refractivity contribution in [3.8, 4) is 0 Å². The molecular formula is C20H34N4O. The molecule has 1 saturated carbocycles. The van der Waals surface area contributed by atoms with E-state index in [-0.39, 0.29) is 12.0 Å². The highest BCUT2D eigenvalue weighted by atomic mass is 16.3. The summed E-state index contributed by atoms with van der Waals surface area (Å²) in [5.74, 6) is 0.886. The van der Waals surface area contributed by atoms with Gasteiger partial charge in [-0.05, 0) is 62.1 Å². The number of pyridine rings is 1. The molecule has 5 heteroatoms. The molecule has 1 aliphatic carbocycles. The lowest BCUT2D eigenvalue weighted by atomic mass is 9.72. The molecule has 1 fully saturated rings. The van der Waals surface area contributed by atoms with E-state index in [0.29, 0.717) is 0 Å².